The Morgan fingerprint density at radius 3 is 2.95 bits per heavy atom. The highest BCUT2D eigenvalue weighted by Crippen LogP contribution is 2.34. The fourth-order valence-electron chi connectivity index (χ4n) is 3.28. The van der Waals surface area contributed by atoms with Crippen LogP contribution in [0.15, 0.2) is 12.1 Å². The Hall–Kier alpha value is -0.770. The number of fused-ring (bicyclic) bond motifs is 1. The van der Waals surface area contributed by atoms with Crippen LogP contribution in [0.25, 0.3) is 0 Å². The summed E-state index contributed by atoms with van der Waals surface area (Å²) in [5.41, 5.74) is 2.44. The lowest BCUT2D eigenvalue weighted by molar-refractivity contribution is 0.0336. The van der Waals surface area contributed by atoms with E-state index in [1.807, 2.05) is 19.2 Å². The summed E-state index contributed by atoms with van der Waals surface area (Å²) in [6.45, 7) is 2.91. The van der Waals surface area contributed by atoms with Crippen molar-refractivity contribution in [2.45, 2.75) is 50.9 Å². The van der Waals surface area contributed by atoms with E-state index in [9.17, 15) is 0 Å². The van der Waals surface area contributed by atoms with Crippen molar-refractivity contribution in [3.63, 3.8) is 0 Å². The van der Waals surface area contributed by atoms with Crippen LogP contribution in [0, 0.1) is 0 Å². The lowest BCUT2D eigenvalue weighted by Crippen LogP contribution is -2.39. The molecule has 1 fully saturated rings. The number of hydrogen-bond acceptors (Lipinski definition) is 3. The van der Waals surface area contributed by atoms with E-state index in [2.05, 4.69) is 12.2 Å². The van der Waals surface area contributed by atoms with E-state index in [1.54, 1.807) is 0 Å². The Morgan fingerprint density at radius 1 is 1.40 bits per heavy atom. The van der Waals surface area contributed by atoms with E-state index in [-0.39, 0.29) is 6.10 Å². The van der Waals surface area contributed by atoms with Crippen LogP contribution < -0.4 is 10.1 Å². The molecule has 3 unspecified atom stereocenters. The van der Waals surface area contributed by atoms with Gasteiger partial charge in [0.15, 0.2) is 0 Å². The largest absolute Gasteiger partial charge is 0.493 e. The molecule has 2 aliphatic heterocycles. The SMILES string of the molecule is CNC(Cc1cc(Cl)cc2c1OCC2)C1CCC(C)O1. The Balaban J connectivity index is 1.79. The number of benzene rings is 1. The minimum absolute atomic E-state index is 0.283. The van der Waals surface area contributed by atoms with Crippen molar-refractivity contribution in [3.8, 4) is 5.75 Å². The highest BCUT2D eigenvalue weighted by atomic mass is 35.5. The molecule has 3 rings (SSSR count). The smallest absolute Gasteiger partial charge is 0.125 e. The van der Waals surface area contributed by atoms with E-state index in [0.717, 1.165) is 43.1 Å². The zero-order valence-electron chi connectivity index (χ0n) is 12.1. The highest BCUT2D eigenvalue weighted by Gasteiger charge is 2.30. The molecule has 3 nitrogen and oxygen atoms in total. The van der Waals surface area contributed by atoms with Gasteiger partial charge in [0, 0.05) is 17.5 Å². The van der Waals surface area contributed by atoms with Crippen molar-refractivity contribution in [1.82, 2.24) is 5.32 Å². The van der Waals surface area contributed by atoms with Gasteiger partial charge in [-0.3, -0.25) is 0 Å². The van der Waals surface area contributed by atoms with Crippen molar-refractivity contribution in [3.05, 3.63) is 28.3 Å². The zero-order chi connectivity index (χ0) is 14.1. The summed E-state index contributed by atoms with van der Waals surface area (Å²) >= 11 is 6.23. The summed E-state index contributed by atoms with van der Waals surface area (Å²) in [7, 11) is 2.00. The van der Waals surface area contributed by atoms with Gasteiger partial charge in [-0.2, -0.15) is 0 Å². The standard InChI is InChI=1S/C16H22ClNO2/c1-10-3-4-15(20-10)14(18-2)9-12-8-13(17)7-11-5-6-19-16(11)12/h7-8,10,14-15,18H,3-6,9H2,1-2H3. The van der Waals surface area contributed by atoms with E-state index in [1.165, 1.54) is 11.1 Å². The van der Waals surface area contributed by atoms with Crippen LogP contribution in [-0.2, 0) is 17.6 Å². The zero-order valence-corrected chi connectivity index (χ0v) is 12.9. The van der Waals surface area contributed by atoms with Crippen molar-refractivity contribution >= 4 is 11.6 Å². The Kier molecular flexibility index (Phi) is 4.20. The van der Waals surface area contributed by atoms with Gasteiger partial charge in [-0.1, -0.05) is 11.6 Å². The molecule has 0 saturated carbocycles. The molecule has 0 aromatic heterocycles. The van der Waals surface area contributed by atoms with Gasteiger partial charge >= 0.3 is 0 Å². The predicted octanol–water partition coefficient (Wildman–Crippen LogP) is 2.97. The molecule has 0 spiro atoms. The molecule has 2 aliphatic rings. The second-order valence-electron chi connectivity index (χ2n) is 5.81. The molecule has 4 heteroatoms. The third kappa shape index (κ3) is 2.80. The molecule has 20 heavy (non-hydrogen) atoms. The molecule has 3 atom stereocenters. The molecule has 110 valence electrons. The number of likely N-dealkylation sites (N-methyl/N-ethyl adjacent to an activating group) is 1. The van der Waals surface area contributed by atoms with Gasteiger partial charge in [0.05, 0.1) is 18.8 Å². The second-order valence-corrected chi connectivity index (χ2v) is 6.25. The van der Waals surface area contributed by atoms with Gasteiger partial charge in [0.2, 0.25) is 0 Å². The maximum absolute atomic E-state index is 6.23. The summed E-state index contributed by atoms with van der Waals surface area (Å²) in [5, 5.41) is 4.21. The van der Waals surface area contributed by atoms with Gasteiger partial charge in [0.1, 0.15) is 5.75 Å². The number of halogens is 1. The summed E-state index contributed by atoms with van der Waals surface area (Å²) in [4.78, 5) is 0. The van der Waals surface area contributed by atoms with Crippen LogP contribution in [0.3, 0.4) is 0 Å². The molecule has 0 aliphatic carbocycles. The summed E-state index contributed by atoms with van der Waals surface area (Å²) in [6.07, 6.45) is 4.78. The highest BCUT2D eigenvalue weighted by molar-refractivity contribution is 6.30. The van der Waals surface area contributed by atoms with Crippen LogP contribution in [0.1, 0.15) is 30.9 Å². The molecule has 0 bridgehead atoms. The van der Waals surface area contributed by atoms with E-state index in [0.29, 0.717) is 12.1 Å². The molecule has 1 saturated heterocycles. The fraction of sp³-hybridized carbons (Fsp3) is 0.625. The molecular weight excluding hydrogens is 274 g/mol. The van der Waals surface area contributed by atoms with Crippen molar-refractivity contribution in [2.75, 3.05) is 13.7 Å². The first-order chi connectivity index (χ1) is 9.67. The molecule has 1 aromatic carbocycles. The van der Waals surface area contributed by atoms with Crippen LogP contribution in [0.4, 0.5) is 0 Å². The Morgan fingerprint density at radius 2 is 2.25 bits per heavy atom. The fourth-order valence-corrected chi connectivity index (χ4v) is 3.55. The topological polar surface area (TPSA) is 30.5 Å². The average molecular weight is 296 g/mol. The normalized spacial score (nSPS) is 26.4. The number of ether oxygens (including phenoxy) is 2. The lowest BCUT2D eigenvalue weighted by atomic mass is 9.97. The first-order valence-electron chi connectivity index (χ1n) is 7.44. The third-order valence-corrected chi connectivity index (χ3v) is 4.57. The molecule has 1 aromatic rings. The van der Waals surface area contributed by atoms with Gasteiger partial charge in [-0.25, -0.2) is 0 Å². The lowest BCUT2D eigenvalue weighted by Gasteiger charge is -2.24. The molecule has 0 radical (unpaired) electrons. The molecule has 1 N–H and O–H groups in total. The maximum Gasteiger partial charge on any atom is 0.125 e. The van der Waals surface area contributed by atoms with E-state index >= 15 is 0 Å². The summed E-state index contributed by atoms with van der Waals surface area (Å²) in [6, 6.07) is 4.37. The first-order valence-corrected chi connectivity index (χ1v) is 7.82. The average Bonchev–Trinajstić information content (AvgIpc) is 3.04. The summed E-state index contributed by atoms with van der Waals surface area (Å²) < 4.78 is 11.8. The number of rotatable bonds is 4. The summed E-state index contributed by atoms with van der Waals surface area (Å²) in [5.74, 6) is 1.04. The van der Waals surface area contributed by atoms with Crippen LogP contribution >= 0.6 is 11.6 Å². The monoisotopic (exact) mass is 295 g/mol. The second kappa shape index (κ2) is 5.92. The number of hydrogen-bond donors (Lipinski definition) is 1. The minimum atomic E-state index is 0.283. The van der Waals surface area contributed by atoms with Gasteiger partial charge < -0.3 is 14.8 Å². The van der Waals surface area contributed by atoms with Crippen molar-refractivity contribution in [2.24, 2.45) is 0 Å². The third-order valence-electron chi connectivity index (χ3n) is 4.35. The van der Waals surface area contributed by atoms with Crippen LogP contribution in [0.5, 0.6) is 5.75 Å². The molecular formula is C16H22ClNO2. The first kappa shape index (κ1) is 14.2. The Labute approximate surface area is 125 Å². The van der Waals surface area contributed by atoms with Crippen molar-refractivity contribution < 1.29 is 9.47 Å². The quantitative estimate of drug-likeness (QED) is 0.926. The molecule has 0 amide bonds. The minimum Gasteiger partial charge on any atom is -0.493 e. The molecule has 2 heterocycles. The van der Waals surface area contributed by atoms with E-state index < -0.39 is 0 Å². The number of nitrogens with one attached hydrogen (secondary N) is 1. The van der Waals surface area contributed by atoms with Gasteiger partial charge in [0.25, 0.3) is 0 Å². The van der Waals surface area contributed by atoms with Crippen molar-refractivity contribution in [1.29, 1.82) is 0 Å². The predicted molar refractivity (Wildman–Crippen MR) is 80.8 cm³/mol. The van der Waals surface area contributed by atoms with Gasteiger partial charge in [-0.15, -0.1) is 0 Å². The van der Waals surface area contributed by atoms with Gasteiger partial charge in [-0.05, 0) is 56.5 Å². The van der Waals surface area contributed by atoms with Crippen LogP contribution in [0.2, 0.25) is 5.02 Å². The van der Waals surface area contributed by atoms with E-state index in [4.69, 9.17) is 21.1 Å². The Bertz CT molecular complexity index is 492. The maximum atomic E-state index is 6.23. The van der Waals surface area contributed by atoms with Crippen LogP contribution in [-0.4, -0.2) is 31.9 Å².